The maximum Gasteiger partial charge on any atom is 0.413 e. The predicted molar refractivity (Wildman–Crippen MR) is 95.5 cm³/mol. The molecule has 1 aliphatic rings. The summed E-state index contributed by atoms with van der Waals surface area (Å²) in [4.78, 5) is 26.4. The summed E-state index contributed by atoms with van der Waals surface area (Å²) in [5, 5.41) is 0. The van der Waals surface area contributed by atoms with Gasteiger partial charge in [-0.05, 0) is 18.4 Å². The summed E-state index contributed by atoms with van der Waals surface area (Å²) in [6.07, 6.45) is 4.99. The van der Waals surface area contributed by atoms with E-state index in [4.69, 9.17) is 9.47 Å². The fourth-order valence-corrected chi connectivity index (χ4v) is 3.10. The highest BCUT2D eigenvalue weighted by atomic mass is 16.6. The maximum atomic E-state index is 12.6. The van der Waals surface area contributed by atoms with Gasteiger partial charge in [0.2, 0.25) is 0 Å². The number of carbonyl (C=O) groups excluding carboxylic acids is 2. The third kappa shape index (κ3) is 3.82. The zero-order chi connectivity index (χ0) is 18.3. The Morgan fingerprint density at radius 3 is 2.44 bits per heavy atom. The van der Waals surface area contributed by atoms with Crippen molar-refractivity contribution < 1.29 is 19.1 Å². The van der Waals surface area contributed by atoms with Crippen LogP contribution >= 0.6 is 0 Å². The van der Waals surface area contributed by atoms with Crippen molar-refractivity contribution in [2.24, 2.45) is 5.41 Å². The summed E-state index contributed by atoms with van der Waals surface area (Å²) < 4.78 is 10.6. The molecule has 1 atom stereocenters. The van der Waals surface area contributed by atoms with Gasteiger partial charge in [0.05, 0.1) is 11.5 Å². The molecule has 1 saturated heterocycles. The standard InChI is InChI=1S/C20H23NO4/c1-4-12-20(13-5-2)17(6-3)21(15-25-18(20)22)19(23)24-14-16-10-8-7-9-11-16/h4-11,17H,1-3,12-15H2/t17-/m0/s1. The summed E-state index contributed by atoms with van der Waals surface area (Å²) >= 11 is 0. The van der Waals surface area contributed by atoms with E-state index in [0.29, 0.717) is 12.8 Å². The van der Waals surface area contributed by atoms with Gasteiger partial charge in [-0.1, -0.05) is 48.6 Å². The Hall–Kier alpha value is -2.82. The average molecular weight is 341 g/mol. The molecule has 1 heterocycles. The Kier molecular flexibility index (Phi) is 6.17. The predicted octanol–water partition coefficient (Wildman–Crippen LogP) is 3.83. The summed E-state index contributed by atoms with van der Waals surface area (Å²) in [5.74, 6) is -0.385. The van der Waals surface area contributed by atoms with E-state index in [9.17, 15) is 9.59 Å². The van der Waals surface area contributed by atoms with Crippen molar-refractivity contribution in [3.05, 3.63) is 73.9 Å². The van der Waals surface area contributed by atoms with Crippen LogP contribution in [-0.4, -0.2) is 29.7 Å². The second kappa shape index (κ2) is 8.33. The van der Waals surface area contributed by atoms with E-state index in [2.05, 4.69) is 19.7 Å². The first-order valence-corrected chi connectivity index (χ1v) is 8.08. The highest BCUT2D eigenvalue weighted by Gasteiger charge is 2.51. The van der Waals surface area contributed by atoms with Gasteiger partial charge in [0.1, 0.15) is 6.61 Å². The van der Waals surface area contributed by atoms with Crippen LogP contribution in [-0.2, 0) is 20.9 Å². The van der Waals surface area contributed by atoms with E-state index >= 15 is 0 Å². The zero-order valence-electron chi connectivity index (χ0n) is 14.2. The minimum absolute atomic E-state index is 0.143. The number of hydrogen-bond acceptors (Lipinski definition) is 4. The Morgan fingerprint density at radius 2 is 1.88 bits per heavy atom. The van der Waals surface area contributed by atoms with Gasteiger partial charge in [-0.25, -0.2) is 4.79 Å². The molecule has 2 rings (SSSR count). The molecule has 1 amide bonds. The third-order valence-corrected chi connectivity index (χ3v) is 4.32. The minimum atomic E-state index is -0.977. The SMILES string of the molecule is C=CCC1(CC=C)C(=O)OCN(C(=O)OCc2ccccc2)[C@H]1C=C. The summed E-state index contributed by atoms with van der Waals surface area (Å²) in [7, 11) is 0. The number of ether oxygens (including phenoxy) is 2. The minimum Gasteiger partial charge on any atom is -0.444 e. The van der Waals surface area contributed by atoms with Crippen molar-refractivity contribution in [2.75, 3.05) is 6.73 Å². The molecule has 5 heteroatoms. The van der Waals surface area contributed by atoms with Gasteiger partial charge in [0.15, 0.2) is 6.73 Å². The van der Waals surface area contributed by atoms with Crippen LogP contribution in [0, 0.1) is 5.41 Å². The largest absolute Gasteiger partial charge is 0.444 e. The summed E-state index contributed by atoms with van der Waals surface area (Å²) in [5.41, 5.74) is -0.0987. The molecular formula is C20H23NO4. The first-order valence-electron chi connectivity index (χ1n) is 8.08. The second-order valence-corrected chi connectivity index (χ2v) is 5.89. The number of esters is 1. The van der Waals surface area contributed by atoms with Gasteiger partial charge in [-0.15, -0.1) is 19.7 Å². The molecule has 25 heavy (non-hydrogen) atoms. The van der Waals surface area contributed by atoms with Crippen LogP contribution in [0.15, 0.2) is 68.3 Å². The van der Waals surface area contributed by atoms with Crippen LogP contribution in [0.3, 0.4) is 0 Å². The molecule has 1 aromatic rings. The van der Waals surface area contributed by atoms with Crippen LogP contribution in [0.5, 0.6) is 0 Å². The topological polar surface area (TPSA) is 55.8 Å². The Labute approximate surface area is 148 Å². The van der Waals surface area contributed by atoms with E-state index in [-0.39, 0.29) is 19.3 Å². The Morgan fingerprint density at radius 1 is 1.24 bits per heavy atom. The van der Waals surface area contributed by atoms with Crippen molar-refractivity contribution in [2.45, 2.75) is 25.5 Å². The average Bonchev–Trinajstić information content (AvgIpc) is 2.63. The summed E-state index contributed by atoms with van der Waals surface area (Å²) in [6, 6.07) is 8.81. The van der Waals surface area contributed by atoms with Gasteiger partial charge in [0, 0.05) is 0 Å². The molecule has 1 aromatic carbocycles. The molecule has 0 saturated carbocycles. The Balaban J connectivity index is 2.19. The monoisotopic (exact) mass is 341 g/mol. The van der Waals surface area contributed by atoms with E-state index in [1.165, 1.54) is 4.90 Å². The molecular weight excluding hydrogens is 318 g/mol. The fraction of sp³-hybridized carbons (Fsp3) is 0.300. The number of rotatable bonds is 7. The lowest BCUT2D eigenvalue weighted by Crippen LogP contribution is -2.59. The normalized spacial score (nSPS) is 18.8. The molecule has 0 spiro atoms. The van der Waals surface area contributed by atoms with Gasteiger partial charge in [-0.3, -0.25) is 9.69 Å². The Bertz CT molecular complexity index is 643. The van der Waals surface area contributed by atoms with Crippen molar-refractivity contribution in [1.82, 2.24) is 4.90 Å². The first kappa shape index (κ1) is 18.5. The highest BCUT2D eigenvalue weighted by Crippen LogP contribution is 2.40. The number of allylic oxidation sites excluding steroid dienone is 2. The molecule has 0 radical (unpaired) electrons. The number of benzene rings is 1. The van der Waals surface area contributed by atoms with Crippen LogP contribution in [0.25, 0.3) is 0 Å². The van der Waals surface area contributed by atoms with E-state index in [1.807, 2.05) is 30.3 Å². The van der Waals surface area contributed by atoms with Crippen LogP contribution in [0.2, 0.25) is 0 Å². The smallest absolute Gasteiger partial charge is 0.413 e. The molecule has 0 aromatic heterocycles. The molecule has 0 unspecified atom stereocenters. The van der Waals surface area contributed by atoms with Crippen LogP contribution in [0.4, 0.5) is 4.79 Å². The molecule has 5 nitrogen and oxygen atoms in total. The lowest BCUT2D eigenvalue weighted by Gasteiger charge is -2.45. The van der Waals surface area contributed by atoms with E-state index in [1.54, 1.807) is 18.2 Å². The number of carbonyl (C=O) groups is 2. The number of nitrogens with zero attached hydrogens (tertiary/aromatic N) is 1. The van der Waals surface area contributed by atoms with Gasteiger partial charge >= 0.3 is 12.1 Å². The van der Waals surface area contributed by atoms with Crippen molar-refractivity contribution >= 4 is 12.1 Å². The van der Waals surface area contributed by atoms with Crippen molar-refractivity contribution in [1.29, 1.82) is 0 Å². The molecule has 1 fully saturated rings. The second-order valence-electron chi connectivity index (χ2n) is 5.89. The fourth-order valence-electron chi connectivity index (χ4n) is 3.10. The molecule has 0 N–H and O–H groups in total. The van der Waals surface area contributed by atoms with Gasteiger partial charge in [-0.2, -0.15) is 0 Å². The van der Waals surface area contributed by atoms with Gasteiger partial charge < -0.3 is 9.47 Å². The number of cyclic esters (lactones) is 1. The molecule has 132 valence electrons. The number of hydrogen-bond donors (Lipinski definition) is 0. The van der Waals surface area contributed by atoms with Crippen molar-refractivity contribution in [3.8, 4) is 0 Å². The van der Waals surface area contributed by atoms with E-state index in [0.717, 1.165) is 5.56 Å². The van der Waals surface area contributed by atoms with Gasteiger partial charge in [0.25, 0.3) is 0 Å². The van der Waals surface area contributed by atoms with Crippen LogP contribution in [0.1, 0.15) is 18.4 Å². The van der Waals surface area contributed by atoms with Crippen LogP contribution < -0.4 is 0 Å². The third-order valence-electron chi connectivity index (χ3n) is 4.32. The highest BCUT2D eigenvalue weighted by molar-refractivity contribution is 5.82. The maximum absolute atomic E-state index is 12.6. The zero-order valence-corrected chi connectivity index (χ0v) is 14.2. The quantitative estimate of drug-likeness (QED) is 0.559. The summed E-state index contributed by atoms with van der Waals surface area (Å²) in [6.45, 7) is 11.2. The lowest BCUT2D eigenvalue weighted by atomic mass is 9.73. The first-order chi connectivity index (χ1) is 12.1. The molecule has 0 bridgehead atoms. The van der Waals surface area contributed by atoms with Crippen molar-refractivity contribution in [3.63, 3.8) is 0 Å². The molecule has 1 aliphatic heterocycles. The van der Waals surface area contributed by atoms with E-state index < -0.39 is 17.6 Å². The number of amides is 1. The molecule has 0 aliphatic carbocycles. The lowest BCUT2D eigenvalue weighted by molar-refractivity contribution is -0.176.